The maximum absolute atomic E-state index is 11.1. The maximum Gasteiger partial charge on any atom is 0.121 e. The van der Waals surface area contributed by atoms with Gasteiger partial charge in [-0.3, -0.25) is 0 Å². The monoisotopic (exact) mass is 484 g/mol. The lowest BCUT2D eigenvalue weighted by molar-refractivity contribution is 0.411. The molecule has 0 heterocycles. The van der Waals surface area contributed by atoms with Crippen LogP contribution >= 0.6 is 0 Å². The third-order valence-corrected chi connectivity index (χ3v) is 8.71. The topological polar surface area (TPSA) is 60.7 Å². The lowest BCUT2D eigenvalue weighted by Gasteiger charge is -2.28. The van der Waals surface area contributed by atoms with Gasteiger partial charge >= 0.3 is 0 Å². The van der Waals surface area contributed by atoms with Crippen LogP contribution in [0.4, 0.5) is 0 Å². The number of benzene rings is 3. The second kappa shape index (κ2) is 10.6. The summed E-state index contributed by atoms with van der Waals surface area (Å²) in [4.78, 5) is 0. The fourth-order valence-corrected chi connectivity index (χ4v) is 6.74. The minimum Gasteiger partial charge on any atom is -0.508 e. The summed E-state index contributed by atoms with van der Waals surface area (Å²) in [5, 5.41) is 33.1. The standard InChI is InChI=1S/C33H40O3/c1-21-17-25(19-28(32(21)35)23-11-5-3-6-12-23)31(27-15-9-10-16-30(27)34)26-18-22(2)33(36)29(20-26)24-13-7-4-8-14-24/h9-10,15-20,23-24,31,34-36H,3-8,11-14H2,1-2H3. The normalized spacial score (nSPS) is 17.5. The predicted molar refractivity (Wildman–Crippen MR) is 146 cm³/mol. The molecule has 5 rings (SSSR count). The fraction of sp³-hybridized carbons (Fsp3) is 0.455. The molecule has 0 atom stereocenters. The van der Waals surface area contributed by atoms with Crippen molar-refractivity contribution in [2.45, 2.75) is 95.8 Å². The van der Waals surface area contributed by atoms with Crippen LogP contribution < -0.4 is 0 Å². The molecule has 0 bridgehead atoms. The summed E-state index contributed by atoms with van der Waals surface area (Å²) in [6, 6.07) is 16.2. The largest absolute Gasteiger partial charge is 0.508 e. The molecule has 0 saturated heterocycles. The molecule has 36 heavy (non-hydrogen) atoms. The van der Waals surface area contributed by atoms with E-state index in [4.69, 9.17) is 0 Å². The van der Waals surface area contributed by atoms with Gasteiger partial charge < -0.3 is 15.3 Å². The maximum atomic E-state index is 11.1. The summed E-state index contributed by atoms with van der Waals surface area (Å²) in [7, 11) is 0. The second-order valence-corrected chi connectivity index (χ2v) is 11.2. The molecule has 3 N–H and O–H groups in total. The lowest BCUT2D eigenvalue weighted by atomic mass is 9.77. The minimum atomic E-state index is -0.186. The fourth-order valence-electron chi connectivity index (χ4n) is 6.74. The Morgan fingerprint density at radius 2 is 1.06 bits per heavy atom. The van der Waals surface area contributed by atoms with Gasteiger partial charge in [0.1, 0.15) is 17.2 Å². The van der Waals surface area contributed by atoms with Gasteiger partial charge in [0.25, 0.3) is 0 Å². The molecular weight excluding hydrogens is 444 g/mol. The summed E-state index contributed by atoms with van der Waals surface area (Å²) >= 11 is 0. The highest BCUT2D eigenvalue weighted by Crippen LogP contribution is 2.46. The summed E-state index contributed by atoms with van der Waals surface area (Å²) < 4.78 is 0. The van der Waals surface area contributed by atoms with Crippen LogP contribution in [0.1, 0.15) is 121 Å². The van der Waals surface area contributed by atoms with Gasteiger partial charge in [-0.15, -0.1) is 0 Å². The number of phenolic OH excluding ortho intramolecular Hbond substituents is 3. The van der Waals surface area contributed by atoms with Crippen LogP contribution in [0.2, 0.25) is 0 Å². The summed E-state index contributed by atoms with van der Waals surface area (Å²) in [5.74, 6) is 1.69. The molecule has 3 aromatic carbocycles. The van der Waals surface area contributed by atoms with Crippen molar-refractivity contribution >= 4 is 0 Å². The van der Waals surface area contributed by atoms with E-state index in [1.54, 1.807) is 6.07 Å². The van der Waals surface area contributed by atoms with Crippen molar-refractivity contribution < 1.29 is 15.3 Å². The Morgan fingerprint density at radius 3 is 1.50 bits per heavy atom. The first kappa shape index (κ1) is 24.7. The first-order valence-electron chi connectivity index (χ1n) is 13.9. The van der Waals surface area contributed by atoms with E-state index in [0.717, 1.165) is 64.6 Å². The van der Waals surface area contributed by atoms with Crippen molar-refractivity contribution in [2.75, 3.05) is 0 Å². The van der Waals surface area contributed by atoms with E-state index in [9.17, 15) is 15.3 Å². The molecule has 3 nitrogen and oxygen atoms in total. The molecule has 2 saturated carbocycles. The van der Waals surface area contributed by atoms with Crippen molar-refractivity contribution in [2.24, 2.45) is 0 Å². The number of hydrogen-bond donors (Lipinski definition) is 3. The van der Waals surface area contributed by atoms with Crippen molar-refractivity contribution in [3.8, 4) is 17.2 Å². The Bertz CT molecular complexity index is 1140. The van der Waals surface area contributed by atoms with Crippen molar-refractivity contribution in [3.05, 3.63) is 87.5 Å². The van der Waals surface area contributed by atoms with Gasteiger partial charge in [0.05, 0.1) is 0 Å². The van der Waals surface area contributed by atoms with Crippen molar-refractivity contribution in [3.63, 3.8) is 0 Å². The molecule has 2 fully saturated rings. The molecular formula is C33H40O3. The van der Waals surface area contributed by atoms with Crippen LogP contribution in [0.3, 0.4) is 0 Å². The summed E-state index contributed by atoms with van der Waals surface area (Å²) in [5.41, 5.74) is 6.91. The Kier molecular flexibility index (Phi) is 7.27. The van der Waals surface area contributed by atoms with Gasteiger partial charge in [-0.1, -0.05) is 81.0 Å². The predicted octanol–water partition coefficient (Wildman–Crippen LogP) is 8.70. The molecule has 0 unspecified atom stereocenters. The van der Waals surface area contributed by atoms with Crippen LogP contribution in [0, 0.1) is 13.8 Å². The Morgan fingerprint density at radius 1 is 0.611 bits per heavy atom. The molecule has 3 heteroatoms. The highest BCUT2D eigenvalue weighted by atomic mass is 16.3. The van der Waals surface area contributed by atoms with Gasteiger partial charge in [-0.05, 0) is 90.8 Å². The van der Waals surface area contributed by atoms with Crippen LogP contribution in [0.15, 0.2) is 48.5 Å². The van der Waals surface area contributed by atoms with Crippen LogP contribution in [-0.4, -0.2) is 15.3 Å². The molecule has 3 aromatic rings. The smallest absolute Gasteiger partial charge is 0.121 e. The summed E-state index contributed by atoms with van der Waals surface area (Å²) in [6.45, 7) is 3.98. The Labute approximate surface area is 215 Å². The molecule has 2 aliphatic carbocycles. The molecule has 190 valence electrons. The first-order valence-corrected chi connectivity index (χ1v) is 13.9. The zero-order valence-corrected chi connectivity index (χ0v) is 21.8. The third kappa shape index (κ3) is 4.85. The Balaban J connectivity index is 1.68. The van der Waals surface area contributed by atoms with E-state index in [1.165, 1.54) is 38.5 Å². The molecule has 2 aliphatic rings. The number of hydrogen-bond acceptors (Lipinski definition) is 3. The molecule has 0 spiro atoms. The number of aryl methyl sites for hydroxylation is 2. The van der Waals surface area contributed by atoms with Gasteiger partial charge in [-0.2, -0.15) is 0 Å². The van der Waals surface area contributed by atoms with Crippen molar-refractivity contribution in [1.82, 2.24) is 0 Å². The van der Waals surface area contributed by atoms with E-state index in [2.05, 4.69) is 24.3 Å². The SMILES string of the molecule is Cc1cc(C(c2cc(C)c(O)c(C3CCCCC3)c2)c2ccccc2O)cc(C2CCCCC2)c1O. The summed E-state index contributed by atoms with van der Waals surface area (Å²) in [6.07, 6.45) is 11.8. The highest BCUT2D eigenvalue weighted by molar-refractivity contribution is 5.56. The number of rotatable bonds is 5. The van der Waals surface area contributed by atoms with E-state index in [1.807, 2.05) is 32.0 Å². The number of aromatic hydroxyl groups is 3. The number of phenols is 3. The lowest BCUT2D eigenvalue weighted by Crippen LogP contribution is -2.11. The van der Waals surface area contributed by atoms with E-state index in [-0.39, 0.29) is 11.7 Å². The van der Waals surface area contributed by atoms with E-state index in [0.29, 0.717) is 23.3 Å². The molecule has 0 radical (unpaired) electrons. The third-order valence-electron chi connectivity index (χ3n) is 8.71. The van der Waals surface area contributed by atoms with E-state index >= 15 is 0 Å². The Hall–Kier alpha value is -2.94. The zero-order valence-electron chi connectivity index (χ0n) is 21.8. The highest BCUT2D eigenvalue weighted by Gasteiger charge is 2.28. The van der Waals surface area contributed by atoms with Gasteiger partial charge in [0, 0.05) is 11.5 Å². The van der Waals surface area contributed by atoms with Gasteiger partial charge in [0.15, 0.2) is 0 Å². The zero-order chi connectivity index (χ0) is 25.2. The average molecular weight is 485 g/mol. The van der Waals surface area contributed by atoms with E-state index < -0.39 is 0 Å². The quantitative estimate of drug-likeness (QED) is 0.317. The second-order valence-electron chi connectivity index (χ2n) is 11.2. The minimum absolute atomic E-state index is 0.186. The van der Waals surface area contributed by atoms with Gasteiger partial charge in [0.2, 0.25) is 0 Å². The van der Waals surface area contributed by atoms with Crippen LogP contribution in [-0.2, 0) is 0 Å². The number of para-hydroxylation sites is 1. The van der Waals surface area contributed by atoms with Crippen molar-refractivity contribution in [1.29, 1.82) is 0 Å². The van der Waals surface area contributed by atoms with Crippen LogP contribution in [0.25, 0.3) is 0 Å². The molecule has 0 amide bonds. The first-order chi connectivity index (χ1) is 17.4. The van der Waals surface area contributed by atoms with Crippen LogP contribution in [0.5, 0.6) is 17.2 Å². The average Bonchev–Trinajstić information content (AvgIpc) is 2.90. The molecule has 0 aromatic heterocycles. The van der Waals surface area contributed by atoms with Gasteiger partial charge in [-0.25, -0.2) is 0 Å². The molecule has 0 aliphatic heterocycles.